The van der Waals surface area contributed by atoms with Gasteiger partial charge in [-0.1, -0.05) is 25.1 Å². The zero-order valence-corrected chi connectivity index (χ0v) is 13.1. The SMILES string of the molecule is Cc1ccc(CS(=O)(=O)N(C)CC(C)C(=O)O)cc1C. The van der Waals surface area contributed by atoms with E-state index in [9.17, 15) is 13.2 Å². The van der Waals surface area contributed by atoms with Gasteiger partial charge in [-0.2, -0.15) is 0 Å². The first-order chi connectivity index (χ1) is 9.13. The maximum atomic E-state index is 12.2. The summed E-state index contributed by atoms with van der Waals surface area (Å²) in [6.07, 6.45) is 0. The number of aliphatic carboxylic acids is 1. The lowest BCUT2D eigenvalue weighted by atomic mass is 10.1. The van der Waals surface area contributed by atoms with Crippen LogP contribution in [0.3, 0.4) is 0 Å². The van der Waals surface area contributed by atoms with Crippen LogP contribution in [0.5, 0.6) is 0 Å². The van der Waals surface area contributed by atoms with Crippen molar-refractivity contribution in [2.24, 2.45) is 5.92 Å². The highest BCUT2D eigenvalue weighted by Crippen LogP contribution is 2.15. The minimum absolute atomic E-state index is 0.0253. The maximum Gasteiger partial charge on any atom is 0.307 e. The van der Waals surface area contributed by atoms with Gasteiger partial charge in [0, 0.05) is 13.6 Å². The Bertz CT molecular complexity index is 595. The molecule has 6 heteroatoms. The molecule has 112 valence electrons. The number of carboxylic acids is 1. The van der Waals surface area contributed by atoms with Gasteiger partial charge in [0.15, 0.2) is 0 Å². The molecule has 0 aliphatic carbocycles. The molecule has 0 saturated heterocycles. The van der Waals surface area contributed by atoms with E-state index >= 15 is 0 Å². The molecular formula is C14H21NO4S. The average molecular weight is 299 g/mol. The van der Waals surface area contributed by atoms with Crippen molar-refractivity contribution in [2.45, 2.75) is 26.5 Å². The van der Waals surface area contributed by atoms with E-state index in [0.717, 1.165) is 15.4 Å². The Balaban J connectivity index is 2.83. The molecule has 1 atom stereocenters. The van der Waals surface area contributed by atoms with Gasteiger partial charge in [-0.05, 0) is 30.5 Å². The van der Waals surface area contributed by atoms with Crippen LogP contribution in [0.2, 0.25) is 0 Å². The summed E-state index contributed by atoms with van der Waals surface area (Å²) in [5.74, 6) is -1.84. The summed E-state index contributed by atoms with van der Waals surface area (Å²) in [6.45, 7) is 5.36. The molecule has 0 aliphatic rings. The molecule has 0 heterocycles. The molecule has 5 nitrogen and oxygen atoms in total. The molecule has 0 fully saturated rings. The Kier molecular flexibility index (Phi) is 5.30. The van der Waals surface area contributed by atoms with Crippen LogP contribution < -0.4 is 0 Å². The topological polar surface area (TPSA) is 74.7 Å². The third-order valence-corrected chi connectivity index (χ3v) is 5.14. The van der Waals surface area contributed by atoms with Crippen molar-refractivity contribution in [3.05, 3.63) is 34.9 Å². The number of rotatable bonds is 6. The van der Waals surface area contributed by atoms with Gasteiger partial charge in [0.1, 0.15) is 0 Å². The fourth-order valence-electron chi connectivity index (χ4n) is 1.79. The van der Waals surface area contributed by atoms with Gasteiger partial charge in [-0.25, -0.2) is 12.7 Å². The van der Waals surface area contributed by atoms with Gasteiger partial charge in [0.05, 0.1) is 11.7 Å². The summed E-state index contributed by atoms with van der Waals surface area (Å²) in [5.41, 5.74) is 2.86. The molecule has 1 rings (SSSR count). The zero-order chi connectivity index (χ0) is 15.5. The Morgan fingerprint density at radius 1 is 1.30 bits per heavy atom. The second kappa shape index (κ2) is 6.37. The molecule has 1 unspecified atom stereocenters. The lowest BCUT2D eigenvalue weighted by Crippen LogP contribution is -2.34. The standard InChI is InChI=1S/C14H21NO4S/c1-10-5-6-13(7-11(10)2)9-20(18,19)15(4)8-12(3)14(16)17/h5-7,12H,8-9H2,1-4H3,(H,16,17). The summed E-state index contributed by atoms with van der Waals surface area (Å²) in [7, 11) is -2.09. The molecule has 0 amide bonds. The first-order valence-corrected chi connectivity index (χ1v) is 7.97. The van der Waals surface area contributed by atoms with Crippen molar-refractivity contribution in [2.75, 3.05) is 13.6 Å². The molecule has 0 saturated carbocycles. The highest BCUT2D eigenvalue weighted by molar-refractivity contribution is 7.88. The van der Waals surface area contributed by atoms with E-state index in [1.54, 1.807) is 6.07 Å². The third kappa shape index (κ3) is 4.31. The minimum atomic E-state index is -3.50. The van der Waals surface area contributed by atoms with Gasteiger partial charge in [0.25, 0.3) is 0 Å². The number of hydrogen-bond donors (Lipinski definition) is 1. The monoisotopic (exact) mass is 299 g/mol. The van der Waals surface area contributed by atoms with Crippen molar-refractivity contribution in [3.63, 3.8) is 0 Å². The molecule has 1 N–H and O–H groups in total. The van der Waals surface area contributed by atoms with Gasteiger partial charge >= 0.3 is 5.97 Å². The quantitative estimate of drug-likeness (QED) is 0.869. The second-order valence-electron chi connectivity index (χ2n) is 5.19. The van der Waals surface area contributed by atoms with E-state index in [1.165, 1.54) is 14.0 Å². The minimum Gasteiger partial charge on any atom is -0.481 e. The van der Waals surface area contributed by atoms with Gasteiger partial charge in [-0.3, -0.25) is 4.79 Å². The van der Waals surface area contributed by atoms with Gasteiger partial charge in [-0.15, -0.1) is 0 Å². The highest BCUT2D eigenvalue weighted by atomic mass is 32.2. The fraction of sp³-hybridized carbons (Fsp3) is 0.500. The molecule has 0 bridgehead atoms. The smallest absolute Gasteiger partial charge is 0.307 e. The number of carbonyl (C=O) groups is 1. The number of hydrogen-bond acceptors (Lipinski definition) is 3. The summed E-state index contributed by atoms with van der Waals surface area (Å²) in [5, 5.41) is 8.83. The summed E-state index contributed by atoms with van der Waals surface area (Å²) in [4.78, 5) is 10.8. The Morgan fingerprint density at radius 2 is 1.90 bits per heavy atom. The summed E-state index contributed by atoms with van der Waals surface area (Å²) < 4.78 is 25.5. The zero-order valence-electron chi connectivity index (χ0n) is 12.3. The van der Waals surface area contributed by atoms with E-state index in [1.807, 2.05) is 26.0 Å². The van der Waals surface area contributed by atoms with E-state index in [-0.39, 0.29) is 12.3 Å². The third-order valence-electron chi connectivity index (χ3n) is 3.35. The predicted molar refractivity (Wildman–Crippen MR) is 78.0 cm³/mol. The first-order valence-electron chi connectivity index (χ1n) is 6.36. The van der Waals surface area contributed by atoms with Crippen LogP contribution in [0.4, 0.5) is 0 Å². The molecule has 0 aromatic heterocycles. The normalized spacial score (nSPS) is 13.4. The molecular weight excluding hydrogens is 278 g/mol. The van der Waals surface area contributed by atoms with Crippen molar-refractivity contribution in [1.82, 2.24) is 4.31 Å². The Labute approximate surface area is 120 Å². The fourth-order valence-corrected chi connectivity index (χ4v) is 3.06. The number of sulfonamides is 1. The van der Waals surface area contributed by atoms with Crippen LogP contribution in [-0.4, -0.2) is 37.4 Å². The lowest BCUT2D eigenvalue weighted by molar-refractivity contribution is -0.141. The van der Waals surface area contributed by atoms with Crippen LogP contribution in [0.25, 0.3) is 0 Å². The largest absolute Gasteiger partial charge is 0.481 e. The molecule has 0 radical (unpaired) electrons. The van der Waals surface area contributed by atoms with Gasteiger partial charge < -0.3 is 5.11 Å². The van der Waals surface area contributed by atoms with E-state index in [4.69, 9.17) is 5.11 Å². The van der Waals surface area contributed by atoms with Crippen LogP contribution in [0.1, 0.15) is 23.6 Å². The van der Waals surface area contributed by atoms with Crippen molar-refractivity contribution < 1.29 is 18.3 Å². The number of aryl methyl sites for hydroxylation is 2. The van der Waals surface area contributed by atoms with Crippen molar-refractivity contribution in [1.29, 1.82) is 0 Å². The van der Waals surface area contributed by atoms with Crippen LogP contribution >= 0.6 is 0 Å². The van der Waals surface area contributed by atoms with Crippen molar-refractivity contribution in [3.8, 4) is 0 Å². The van der Waals surface area contributed by atoms with E-state index in [2.05, 4.69) is 0 Å². The lowest BCUT2D eigenvalue weighted by Gasteiger charge is -2.19. The molecule has 0 spiro atoms. The second-order valence-corrected chi connectivity index (χ2v) is 7.27. The van der Waals surface area contributed by atoms with E-state index in [0.29, 0.717) is 5.56 Å². The van der Waals surface area contributed by atoms with E-state index < -0.39 is 21.9 Å². The molecule has 1 aromatic carbocycles. The first kappa shape index (κ1) is 16.7. The molecule has 1 aromatic rings. The maximum absolute atomic E-state index is 12.2. The molecule has 20 heavy (non-hydrogen) atoms. The number of carboxylic acid groups (broad SMARTS) is 1. The van der Waals surface area contributed by atoms with Gasteiger partial charge in [0.2, 0.25) is 10.0 Å². The average Bonchev–Trinajstić information content (AvgIpc) is 2.33. The number of nitrogens with zero attached hydrogens (tertiary/aromatic N) is 1. The van der Waals surface area contributed by atoms with Crippen LogP contribution in [-0.2, 0) is 20.6 Å². The summed E-state index contributed by atoms with van der Waals surface area (Å²) in [6, 6.07) is 5.52. The Hall–Kier alpha value is -1.40. The van der Waals surface area contributed by atoms with Crippen molar-refractivity contribution >= 4 is 16.0 Å². The highest BCUT2D eigenvalue weighted by Gasteiger charge is 2.23. The van der Waals surface area contributed by atoms with Crippen LogP contribution in [0.15, 0.2) is 18.2 Å². The van der Waals surface area contributed by atoms with Crippen LogP contribution in [0, 0.1) is 19.8 Å². The Morgan fingerprint density at radius 3 is 2.40 bits per heavy atom. The summed E-state index contributed by atoms with van der Waals surface area (Å²) >= 11 is 0. The number of benzene rings is 1. The molecule has 0 aliphatic heterocycles. The predicted octanol–water partition coefficient (Wildman–Crippen LogP) is 1.79.